The lowest BCUT2D eigenvalue weighted by Gasteiger charge is -2.28. The molecule has 0 saturated carbocycles. The largest absolute Gasteiger partial charge is 0.381 e. The summed E-state index contributed by atoms with van der Waals surface area (Å²) in [5.41, 5.74) is 0. The first-order valence-corrected chi connectivity index (χ1v) is 5.49. The van der Waals surface area contributed by atoms with Gasteiger partial charge in [0, 0.05) is 24.5 Å². The van der Waals surface area contributed by atoms with Crippen LogP contribution in [0.15, 0.2) is 0 Å². The molecule has 0 radical (unpaired) electrons. The zero-order chi connectivity index (χ0) is 10.6. The van der Waals surface area contributed by atoms with Crippen LogP contribution in [0.4, 0.5) is 0 Å². The molecule has 1 saturated heterocycles. The molecule has 3 heteroatoms. The topological polar surface area (TPSA) is 38.3 Å². The molecule has 0 spiro atoms. The lowest BCUT2D eigenvalue weighted by molar-refractivity contribution is -0.125. The van der Waals surface area contributed by atoms with Crippen molar-refractivity contribution in [1.29, 1.82) is 0 Å². The van der Waals surface area contributed by atoms with Crippen LogP contribution in [0.25, 0.3) is 0 Å². The fourth-order valence-corrected chi connectivity index (χ4v) is 1.67. The Balaban J connectivity index is 2.32. The second-order valence-corrected chi connectivity index (χ2v) is 4.43. The molecule has 0 aromatic carbocycles. The molecule has 3 nitrogen and oxygen atoms in total. The average Bonchev–Trinajstić information content (AvgIpc) is 2.19. The van der Waals surface area contributed by atoms with Gasteiger partial charge in [0.2, 0.25) is 5.91 Å². The fourth-order valence-electron chi connectivity index (χ4n) is 1.67. The Bertz CT molecular complexity index is 186. The van der Waals surface area contributed by atoms with E-state index in [-0.39, 0.29) is 17.9 Å². The number of hydrogen-bond acceptors (Lipinski definition) is 2. The number of hydrogen-bond donors (Lipinski definition) is 1. The van der Waals surface area contributed by atoms with E-state index in [4.69, 9.17) is 4.74 Å². The molecule has 1 heterocycles. The third-order valence-corrected chi connectivity index (χ3v) is 2.80. The molecule has 1 rings (SSSR count). The van der Waals surface area contributed by atoms with Crippen molar-refractivity contribution in [2.75, 3.05) is 13.2 Å². The van der Waals surface area contributed by atoms with E-state index in [0.717, 1.165) is 19.6 Å². The summed E-state index contributed by atoms with van der Waals surface area (Å²) in [6.07, 6.45) is 2.28. The van der Waals surface area contributed by atoms with Gasteiger partial charge in [-0.25, -0.2) is 0 Å². The minimum absolute atomic E-state index is 0.0713. The highest BCUT2D eigenvalue weighted by molar-refractivity contribution is 5.78. The summed E-state index contributed by atoms with van der Waals surface area (Å²) in [6.45, 7) is 7.57. The van der Waals surface area contributed by atoms with E-state index in [1.54, 1.807) is 0 Å². The van der Waals surface area contributed by atoms with Crippen LogP contribution in [-0.4, -0.2) is 25.2 Å². The van der Waals surface area contributed by atoms with Crippen LogP contribution < -0.4 is 5.32 Å². The third-order valence-electron chi connectivity index (χ3n) is 2.80. The van der Waals surface area contributed by atoms with Gasteiger partial charge in [-0.05, 0) is 19.8 Å². The molecule has 1 aliphatic rings. The van der Waals surface area contributed by atoms with Crippen molar-refractivity contribution in [2.45, 2.75) is 39.7 Å². The normalized spacial score (nSPS) is 24.7. The molecular formula is C11H21NO2. The quantitative estimate of drug-likeness (QED) is 0.749. The van der Waals surface area contributed by atoms with Gasteiger partial charge in [-0.3, -0.25) is 4.79 Å². The minimum Gasteiger partial charge on any atom is -0.381 e. The van der Waals surface area contributed by atoms with Gasteiger partial charge < -0.3 is 10.1 Å². The van der Waals surface area contributed by atoms with Crippen LogP contribution in [0.1, 0.15) is 33.6 Å². The van der Waals surface area contributed by atoms with Gasteiger partial charge in [0.25, 0.3) is 0 Å². The smallest absolute Gasteiger partial charge is 0.222 e. The van der Waals surface area contributed by atoms with Gasteiger partial charge in [0.05, 0.1) is 6.61 Å². The van der Waals surface area contributed by atoms with E-state index in [2.05, 4.69) is 12.2 Å². The Morgan fingerprint density at radius 2 is 2.14 bits per heavy atom. The minimum atomic E-state index is 0.0713. The van der Waals surface area contributed by atoms with E-state index in [0.29, 0.717) is 5.92 Å². The molecule has 1 aliphatic heterocycles. The first-order chi connectivity index (χ1) is 6.61. The van der Waals surface area contributed by atoms with Gasteiger partial charge in [0.15, 0.2) is 0 Å². The molecule has 0 aliphatic carbocycles. The summed E-state index contributed by atoms with van der Waals surface area (Å²) in [5, 5.41) is 3.03. The van der Waals surface area contributed by atoms with E-state index in [1.165, 1.54) is 6.42 Å². The summed E-state index contributed by atoms with van der Waals surface area (Å²) in [5.74, 6) is 0.705. The number of ether oxygens (including phenoxy) is 1. The van der Waals surface area contributed by atoms with Gasteiger partial charge in [-0.15, -0.1) is 0 Å². The van der Waals surface area contributed by atoms with Crippen molar-refractivity contribution in [3.05, 3.63) is 0 Å². The monoisotopic (exact) mass is 199 g/mol. The standard InChI is InChI=1S/C11H21NO2/c1-8(2)11(13)12-9(3)10-5-4-6-14-7-10/h8-10H,4-7H2,1-3H3,(H,12,13). The Morgan fingerprint density at radius 3 is 2.64 bits per heavy atom. The van der Waals surface area contributed by atoms with Gasteiger partial charge in [-0.1, -0.05) is 13.8 Å². The second kappa shape index (κ2) is 5.35. The molecule has 1 amide bonds. The van der Waals surface area contributed by atoms with Crippen molar-refractivity contribution >= 4 is 5.91 Å². The maximum Gasteiger partial charge on any atom is 0.222 e. The SMILES string of the molecule is CC(C)C(=O)NC(C)C1CCCOC1. The summed E-state index contributed by atoms with van der Waals surface area (Å²) in [6, 6.07) is 0.241. The van der Waals surface area contributed by atoms with Crippen molar-refractivity contribution in [1.82, 2.24) is 5.32 Å². The lowest BCUT2D eigenvalue weighted by Crippen LogP contribution is -2.42. The lowest BCUT2D eigenvalue weighted by atomic mass is 9.94. The predicted octanol–water partition coefficient (Wildman–Crippen LogP) is 1.57. The van der Waals surface area contributed by atoms with E-state index in [1.807, 2.05) is 13.8 Å². The first kappa shape index (κ1) is 11.5. The maximum absolute atomic E-state index is 11.4. The molecule has 1 N–H and O–H groups in total. The summed E-state index contributed by atoms with van der Waals surface area (Å²) < 4.78 is 5.39. The molecule has 0 bridgehead atoms. The van der Waals surface area contributed by atoms with Crippen LogP contribution >= 0.6 is 0 Å². The maximum atomic E-state index is 11.4. The zero-order valence-electron chi connectivity index (χ0n) is 9.38. The summed E-state index contributed by atoms with van der Waals surface area (Å²) in [4.78, 5) is 11.4. The number of amides is 1. The summed E-state index contributed by atoms with van der Waals surface area (Å²) >= 11 is 0. The van der Waals surface area contributed by atoms with Crippen molar-refractivity contribution < 1.29 is 9.53 Å². The molecule has 0 aromatic rings. The van der Waals surface area contributed by atoms with Crippen molar-refractivity contribution in [2.24, 2.45) is 11.8 Å². The highest BCUT2D eigenvalue weighted by atomic mass is 16.5. The zero-order valence-corrected chi connectivity index (χ0v) is 9.38. The Labute approximate surface area is 86.2 Å². The molecule has 2 atom stereocenters. The highest BCUT2D eigenvalue weighted by Gasteiger charge is 2.22. The second-order valence-electron chi connectivity index (χ2n) is 4.43. The van der Waals surface area contributed by atoms with Crippen LogP contribution in [0.5, 0.6) is 0 Å². The number of carbonyl (C=O) groups is 1. The fraction of sp³-hybridized carbons (Fsp3) is 0.909. The molecular weight excluding hydrogens is 178 g/mol. The van der Waals surface area contributed by atoms with Crippen LogP contribution in [-0.2, 0) is 9.53 Å². The van der Waals surface area contributed by atoms with Crippen LogP contribution in [0, 0.1) is 11.8 Å². The molecule has 0 aromatic heterocycles. The van der Waals surface area contributed by atoms with E-state index >= 15 is 0 Å². The first-order valence-electron chi connectivity index (χ1n) is 5.49. The predicted molar refractivity (Wildman–Crippen MR) is 56.0 cm³/mol. The molecule has 2 unspecified atom stereocenters. The van der Waals surface area contributed by atoms with E-state index < -0.39 is 0 Å². The van der Waals surface area contributed by atoms with Crippen LogP contribution in [0.3, 0.4) is 0 Å². The summed E-state index contributed by atoms with van der Waals surface area (Å²) in [7, 11) is 0. The van der Waals surface area contributed by atoms with Gasteiger partial charge >= 0.3 is 0 Å². The molecule has 1 fully saturated rings. The molecule has 82 valence electrons. The Morgan fingerprint density at radius 1 is 1.43 bits per heavy atom. The number of rotatable bonds is 3. The molecule has 14 heavy (non-hydrogen) atoms. The van der Waals surface area contributed by atoms with E-state index in [9.17, 15) is 4.79 Å². The number of nitrogens with one attached hydrogen (secondary N) is 1. The highest BCUT2D eigenvalue weighted by Crippen LogP contribution is 2.17. The Kier molecular flexibility index (Phi) is 4.39. The van der Waals surface area contributed by atoms with Crippen molar-refractivity contribution in [3.63, 3.8) is 0 Å². The average molecular weight is 199 g/mol. The third kappa shape index (κ3) is 3.29. The Hall–Kier alpha value is -0.570. The van der Waals surface area contributed by atoms with Crippen LogP contribution in [0.2, 0.25) is 0 Å². The number of carbonyl (C=O) groups excluding carboxylic acids is 1. The van der Waals surface area contributed by atoms with Gasteiger partial charge in [-0.2, -0.15) is 0 Å². The van der Waals surface area contributed by atoms with Crippen molar-refractivity contribution in [3.8, 4) is 0 Å². The van der Waals surface area contributed by atoms with Gasteiger partial charge in [0.1, 0.15) is 0 Å².